The van der Waals surface area contributed by atoms with Crippen LogP contribution in [0.25, 0.3) is 0 Å². The maximum Gasteiger partial charge on any atom is 0.217 e. The summed E-state index contributed by atoms with van der Waals surface area (Å²) in [5.74, 6) is 0. The summed E-state index contributed by atoms with van der Waals surface area (Å²) in [7, 11) is -4.51. The first-order valence-electron chi connectivity index (χ1n) is 1.77. The summed E-state index contributed by atoms with van der Waals surface area (Å²) in [6.45, 7) is 2.88. The van der Waals surface area contributed by atoms with Crippen LogP contribution in [0.5, 0.6) is 0 Å². The molecule has 0 spiro atoms. The van der Waals surface area contributed by atoms with Crippen LogP contribution in [0, 0.1) is 0 Å². The number of hydrogen-bond acceptors (Lipinski definition) is 4. The first-order chi connectivity index (χ1) is 3.56. The summed E-state index contributed by atoms with van der Waals surface area (Å²) in [5, 5.41) is 0. The van der Waals surface area contributed by atoms with Crippen molar-refractivity contribution >= 4 is 10.4 Å². The molecule has 0 amide bonds. The molecule has 0 aliphatic heterocycles. The van der Waals surface area contributed by atoms with Crippen LogP contribution in [0.15, 0.2) is 12.7 Å². The molecule has 48 valence electrons. The summed E-state index contributed by atoms with van der Waals surface area (Å²) in [4.78, 5) is 0. The third-order valence-electron chi connectivity index (χ3n) is 0.330. The molecule has 8 heavy (non-hydrogen) atoms. The lowest BCUT2D eigenvalue weighted by Gasteiger charge is -2.02. The standard InChI is InChI=1S/C3H6O4S/c1-2-3-7-8(4,5)6/h2H,1,3H2,(H,4,5,6)/p-1. The van der Waals surface area contributed by atoms with Crippen LogP contribution < -0.4 is 0 Å². The van der Waals surface area contributed by atoms with Crippen molar-refractivity contribution in [3.05, 3.63) is 12.7 Å². The fourth-order valence-corrected chi connectivity index (χ4v) is 0.394. The summed E-state index contributed by atoms with van der Waals surface area (Å²) in [5.41, 5.74) is 0. The Kier molecular flexibility index (Phi) is 2.67. The molecule has 0 radical (unpaired) electrons. The molecule has 0 heterocycles. The van der Waals surface area contributed by atoms with Gasteiger partial charge >= 0.3 is 0 Å². The van der Waals surface area contributed by atoms with Crippen molar-refractivity contribution in [2.24, 2.45) is 0 Å². The van der Waals surface area contributed by atoms with E-state index in [9.17, 15) is 13.0 Å². The molecule has 0 aromatic rings. The van der Waals surface area contributed by atoms with E-state index in [4.69, 9.17) is 0 Å². The van der Waals surface area contributed by atoms with Crippen molar-refractivity contribution < 1.29 is 17.2 Å². The molecule has 0 unspecified atom stereocenters. The first kappa shape index (κ1) is 7.61. The molecule has 0 atom stereocenters. The highest BCUT2D eigenvalue weighted by Crippen LogP contribution is 1.82. The van der Waals surface area contributed by atoms with Gasteiger partial charge < -0.3 is 4.55 Å². The Balaban J connectivity index is 3.57. The van der Waals surface area contributed by atoms with Gasteiger partial charge in [0.15, 0.2) is 0 Å². The molecule has 0 aromatic heterocycles. The van der Waals surface area contributed by atoms with Gasteiger partial charge in [-0.15, -0.1) is 6.58 Å². The Morgan fingerprint density at radius 3 is 2.38 bits per heavy atom. The minimum atomic E-state index is -4.51. The van der Waals surface area contributed by atoms with E-state index in [-0.39, 0.29) is 6.61 Å². The second-order valence-electron chi connectivity index (χ2n) is 0.981. The SMILES string of the molecule is C=CCOS(=O)(=O)[O-]. The highest BCUT2D eigenvalue weighted by molar-refractivity contribution is 7.80. The molecule has 0 rings (SSSR count). The Morgan fingerprint density at radius 1 is 1.75 bits per heavy atom. The highest BCUT2D eigenvalue weighted by atomic mass is 32.3. The van der Waals surface area contributed by atoms with Crippen LogP contribution in [0.1, 0.15) is 0 Å². The van der Waals surface area contributed by atoms with E-state index in [0.29, 0.717) is 0 Å². The molecule has 0 aliphatic rings. The Bertz CT molecular complexity index is 156. The summed E-state index contributed by atoms with van der Waals surface area (Å²) in [6, 6.07) is 0. The maximum atomic E-state index is 9.56. The van der Waals surface area contributed by atoms with E-state index in [0.717, 1.165) is 0 Å². The quantitative estimate of drug-likeness (QED) is 0.303. The third kappa shape index (κ3) is 5.61. The molecule has 0 N–H and O–H groups in total. The molecular weight excluding hydrogens is 132 g/mol. The van der Waals surface area contributed by atoms with E-state index in [1.54, 1.807) is 0 Å². The molecule has 0 fully saturated rings. The number of hydrogen-bond donors (Lipinski definition) is 0. The van der Waals surface area contributed by atoms with E-state index < -0.39 is 10.4 Å². The second kappa shape index (κ2) is 2.81. The van der Waals surface area contributed by atoms with Crippen LogP contribution in [0.3, 0.4) is 0 Å². The normalized spacial score (nSPS) is 11.1. The lowest BCUT2D eigenvalue weighted by molar-refractivity contribution is 0.288. The van der Waals surface area contributed by atoms with Gasteiger partial charge in [0, 0.05) is 0 Å². The molecule has 0 bridgehead atoms. The van der Waals surface area contributed by atoms with Gasteiger partial charge in [-0.25, -0.2) is 8.42 Å². The predicted octanol–water partition coefficient (Wildman–Crippen LogP) is -0.351. The Hall–Kier alpha value is -0.390. The first-order valence-corrected chi connectivity index (χ1v) is 3.11. The minimum Gasteiger partial charge on any atom is -0.726 e. The van der Waals surface area contributed by atoms with Crippen molar-refractivity contribution in [2.75, 3.05) is 6.61 Å². The van der Waals surface area contributed by atoms with E-state index in [1.807, 2.05) is 0 Å². The zero-order valence-electron chi connectivity index (χ0n) is 4.03. The van der Waals surface area contributed by atoms with Gasteiger partial charge in [-0.3, -0.25) is 4.18 Å². The molecule has 0 aromatic carbocycles. The van der Waals surface area contributed by atoms with Gasteiger partial charge in [0.1, 0.15) is 0 Å². The summed E-state index contributed by atoms with van der Waals surface area (Å²) >= 11 is 0. The Morgan fingerprint density at radius 2 is 2.25 bits per heavy atom. The van der Waals surface area contributed by atoms with Crippen molar-refractivity contribution in [2.45, 2.75) is 0 Å². The minimum absolute atomic E-state index is 0.258. The molecule has 0 saturated carbocycles. The zero-order valence-corrected chi connectivity index (χ0v) is 4.85. The summed E-state index contributed by atoms with van der Waals surface area (Å²) in [6.07, 6.45) is 1.18. The maximum absolute atomic E-state index is 9.56. The van der Waals surface area contributed by atoms with Crippen LogP contribution in [-0.4, -0.2) is 19.6 Å². The molecule has 0 saturated heterocycles. The van der Waals surface area contributed by atoms with Gasteiger partial charge in [0.05, 0.1) is 6.61 Å². The van der Waals surface area contributed by atoms with E-state index in [1.165, 1.54) is 6.08 Å². The average molecular weight is 137 g/mol. The number of rotatable bonds is 3. The zero-order chi connectivity index (χ0) is 6.62. The lowest BCUT2D eigenvalue weighted by atomic mass is 10.7. The van der Waals surface area contributed by atoms with Gasteiger partial charge in [-0.05, 0) is 0 Å². The van der Waals surface area contributed by atoms with Crippen LogP contribution in [0.4, 0.5) is 0 Å². The monoisotopic (exact) mass is 137 g/mol. The van der Waals surface area contributed by atoms with Crippen LogP contribution in [0.2, 0.25) is 0 Å². The van der Waals surface area contributed by atoms with E-state index >= 15 is 0 Å². The van der Waals surface area contributed by atoms with Gasteiger partial charge in [0.25, 0.3) is 0 Å². The Labute approximate surface area is 47.7 Å². The smallest absolute Gasteiger partial charge is 0.217 e. The topological polar surface area (TPSA) is 66.4 Å². The second-order valence-corrected chi connectivity index (χ2v) is 2.03. The third-order valence-corrected chi connectivity index (χ3v) is 0.755. The lowest BCUT2D eigenvalue weighted by Crippen LogP contribution is -2.02. The highest BCUT2D eigenvalue weighted by Gasteiger charge is 1.86. The average Bonchev–Trinajstić information content (AvgIpc) is 1.59. The van der Waals surface area contributed by atoms with Crippen LogP contribution >= 0.6 is 0 Å². The predicted molar refractivity (Wildman–Crippen MR) is 25.8 cm³/mol. The molecule has 5 heteroatoms. The molecule has 0 aliphatic carbocycles. The summed E-state index contributed by atoms with van der Waals surface area (Å²) < 4.78 is 32.4. The largest absolute Gasteiger partial charge is 0.726 e. The van der Waals surface area contributed by atoms with Crippen molar-refractivity contribution in [1.82, 2.24) is 0 Å². The van der Waals surface area contributed by atoms with Gasteiger partial charge in [-0.2, -0.15) is 0 Å². The van der Waals surface area contributed by atoms with Crippen LogP contribution in [-0.2, 0) is 14.6 Å². The fraction of sp³-hybridized carbons (Fsp3) is 0.333. The van der Waals surface area contributed by atoms with Crippen molar-refractivity contribution in [3.8, 4) is 0 Å². The molecule has 4 nitrogen and oxygen atoms in total. The van der Waals surface area contributed by atoms with Gasteiger partial charge in [-0.1, -0.05) is 6.08 Å². The molecular formula is C3H5O4S-. The van der Waals surface area contributed by atoms with Gasteiger partial charge in [0.2, 0.25) is 10.4 Å². The van der Waals surface area contributed by atoms with Crippen molar-refractivity contribution in [1.29, 1.82) is 0 Å². The van der Waals surface area contributed by atoms with E-state index in [2.05, 4.69) is 10.8 Å². The fourth-order valence-electron chi connectivity index (χ4n) is 0.131. The van der Waals surface area contributed by atoms with Crippen molar-refractivity contribution in [3.63, 3.8) is 0 Å².